The molecule has 1 unspecified atom stereocenters. The lowest BCUT2D eigenvalue weighted by Gasteiger charge is -2.35. The van der Waals surface area contributed by atoms with Crippen molar-refractivity contribution < 1.29 is 9.59 Å². The van der Waals surface area contributed by atoms with Crippen LogP contribution in [-0.2, 0) is 0 Å². The third-order valence-electron chi connectivity index (χ3n) is 5.72. The fraction of sp³-hybridized carbons (Fsp3) is 0.120. The number of allylic oxidation sites excluding steroid dienone is 2. The largest absolute Gasteiger partial charge is 0.350 e. The predicted octanol–water partition coefficient (Wildman–Crippen LogP) is 6.01. The smallest absolute Gasteiger partial charge is 0.212 e. The van der Waals surface area contributed by atoms with Crippen LogP contribution in [0.15, 0.2) is 84.2 Å². The molecule has 2 aliphatic rings. The molecule has 30 heavy (non-hydrogen) atoms. The Morgan fingerprint density at radius 2 is 1.50 bits per heavy atom. The molecular weight excluding hydrogens is 396 g/mol. The molecule has 3 aromatic carbocycles. The fourth-order valence-electron chi connectivity index (χ4n) is 4.35. The van der Waals surface area contributed by atoms with E-state index in [1.165, 1.54) is 0 Å². The van der Waals surface area contributed by atoms with Crippen molar-refractivity contribution in [1.29, 1.82) is 0 Å². The first-order valence-electron chi connectivity index (χ1n) is 9.93. The molecule has 0 saturated heterocycles. The van der Waals surface area contributed by atoms with Crippen molar-refractivity contribution in [2.45, 2.75) is 19.4 Å². The minimum Gasteiger partial charge on any atom is -0.350 e. The van der Waals surface area contributed by atoms with Gasteiger partial charge in [0.25, 0.3) is 0 Å². The first-order valence-corrected chi connectivity index (χ1v) is 10.3. The van der Waals surface area contributed by atoms with E-state index in [0.29, 0.717) is 27.5 Å². The summed E-state index contributed by atoms with van der Waals surface area (Å²) >= 11 is 6.13. The van der Waals surface area contributed by atoms with E-state index in [4.69, 9.17) is 11.6 Å². The second-order valence-corrected chi connectivity index (χ2v) is 7.85. The van der Waals surface area contributed by atoms with E-state index in [2.05, 4.69) is 12.2 Å². The highest BCUT2D eigenvalue weighted by Gasteiger charge is 2.40. The number of benzene rings is 3. The predicted molar refractivity (Wildman–Crippen MR) is 119 cm³/mol. The van der Waals surface area contributed by atoms with Crippen LogP contribution in [0.3, 0.4) is 0 Å². The average molecular weight is 415 g/mol. The number of Topliss-reactive ketones (excluding diaryl/α,β-unsaturated/α-hetero) is 2. The van der Waals surface area contributed by atoms with Crippen molar-refractivity contribution in [2.75, 3.05) is 10.2 Å². The number of hydrogen-bond donors (Lipinski definition) is 1. The van der Waals surface area contributed by atoms with Crippen LogP contribution in [-0.4, -0.2) is 11.6 Å². The van der Waals surface area contributed by atoms with Gasteiger partial charge in [0.1, 0.15) is 11.4 Å². The number of hydrogen-bond acceptors (Lipinski definition) is 4. The summed E-state index contributed by atoms with van der Waals surface area (Å²) in [6.45, 7) is 2.08. The molecule has 0 fully saturated rings. The summed E-state index contributed by atoms with van der Waals surface area (Å²) in [7, 11) is 0. The molecule has 0 spiro atoms. The molecule has 5 heteroatoms. The van der Waals surface area contributed by atoms with Gasteiger partial charge in [0.05, 0.1) is 6.04 Å². The summed E-state index contributed by atoms with van der Waals surface area (Å²) in [6, 6.07) is 22.2. The summed E-state index contributed by atoms with van der Waals surface area (Å²) in [5, 5.41) is 3.92. The highest BCUT2D eigenvalue weighted by molar-refractivity contribution is 6.31. The van der Waals surface area contributed by atoms with E-state index in [1.54, 1.807) is 36.4 Å². The van der Waals surface area contributed by atoms with Crippen LogP contribution in [0.2, 0.25) is 5.02 Å². The molecule has 3 aromatic rings. The number of para-hydroxylation sites is 1. The molecule has 5 rings (SSSR count). The molecule has 1 N–H and O–H groups in total. The van der Waals surface area contributed by atoms with Crippen molar-refractivity contribution in [1.82, 2.24) is 0 Å². The maximum Gasteiger partial charge on any atom is 0.212 e. The monoisotopic (exact) mass is 414 g/mol. The number of nitrogens with zero attached hydrogens (tertiary/aromatic N) is 1. The topological polar surface area (TPSA) is 49.4 Å². The second kappa shape index (κ2) is 7.15. The van der Waals surface area contributed by atoms with Crippen molar-refractivity contribution in [3.05, 3.63) is 106 Å². The average Bonchev–Trinajstić information content (AvgIpc) is 2.93. The molecule has 0 bridgehead atoms. The Bertz CT molecular complexity index is 1210. The quantitative estimate of drug-likeness (QED) is 0.557. The number of carbonyl (C=O) groups is 2. The number of carbonyl (C=O) groups excluding carboxylic acids is 2. The summed E-state index contributed by atoms with van der Waals surface area (Å²) in [5.74, 6) is -0.334. The van der Waals surface area contributed by atoms with Gasteiger partial charge in [-0.05, 0) is 42.3 Å². The van der Waals surface area contributed by atoms with Gasteiger partial charge < -0.3 is 10.2 Å². The Hall–Kier alpha value is -3.37. The van der Waals surface area contributed by atoms with Crippen LogP contribution in [0.5, 0.6) is 0 Å². The molecule has 0 radical (unpaired) electrons. The molecular formula is C25H19ClN2O2. The van der Waals surface area contributed by atoms with Crippen LogP contribution in [0.4, 0.5) is 11.4 Å². The van der Waals surface area contributed by atoms with E-state index in [-0.39, 0.29) is 17.6 Å². The van der Waals surface area contributed by atoms with Crippen molar-refractivity contribution in [3.63, 3.8) is 0 Å². The number of fused-ring (bicyclic) bond motifs is 2. The Labute approximate surface area is 179 Å². The van der Waals surface area contributed by atoms with Gasteiger partial charge in [0, 0.05) is 27.5 Å². The molecule has 0 aromatic heterocycles. The SMILES string of the molecule is CCC1c2ccccc2NC2=C(C(=O)c3ccccc3C2=O)N1c1ccc(Cl)cc1. The summed E-state index contributed by atoms with van der Waals surface area (Å²) in [5.41, 5.74) is 4.25. The summed E-state index contributed by atoms with van der Waals surface area (Å²) < 4.78 is 0. The van der Waals surface area contributed by atoms with Gasteiger partial charge in [-0.1, -0.05) is 61.0 Å². The van der Waals surface area contributed by atoms with E-state index in [0.717, 1.165) is 23.4 Å². The normalized spacial score (nSPS) is 17.7. The fourth-order valence-corrected chi connectivity index (χ4v) is 4.48. The maximum atomic E-state index is 13.7. The first-order chi connectivity index (χ1) is 14.6. The van der Waals surface area contributed by atoms with Crippen LogP contribution in [0, 0.1) is 0 Å². The highest BCUT2D eigenvalue weighted by Crippen LogP contribution is 2.43. The molecule has 0 amide bonds. The van der Waals surface area contributed by atoms with Crippen LogP contribution in [0.1, 0.15) is 45.7 Å². The zero-order valence-corrected chi connectivity index (χ0v) is 17.1. The van der Waals surface area contributed by atoms with Crippen molar-refractivity contribution >= 4 is 34.5 Å². The minimum absolute atomic E-state index is 0.121. The number of rotatable bonds is 2. The van der Waals surface area contributed by atoms with Crippen LogP contribution >= 0.6 is 11.6 Å². The van der Waals surface area contributed by atoms with Gasteiger partial charge in [-0.3, -0.25) is 9.59 Å². The zero-order chi connectivity index (χ0) is 20.8. The number of halogens is 1. The molecule has 148 valence electrons. The van der Waals surface area contributed by atoms with Crippen LogP contribution < -0.4 is 10.2 Å². The summed E-state index contributed by atoms with van der Waals surface area (Å²) in [6.07, 6.45) is 0.751. The van der Waals surface area contributed by atoms with E-state index in [9.17, 15) is 9.59 Å². The van der Waals surface area contributed by atoms with E-state index in [1.807, 2.05) is 41.3 Å². The molecule has 1 heterocycles. The summed E-state index contributed by atoms with van der Waals surface area (Å²) in [4.78, 5) is 29.1. The molecule has 4 nitrogen and oxygen atoms in total. The number of anilines is 2. The lowest BCUT2D eigenvalue weighted by molar-refractivity contribution is 0.0972. The minimum atomic E-state index is -0.175. The zero-order valence-electron chi connectivity index (χ0n) is 16.4. The second-order valence-electron chi connectivity index (χ2n) is 7.41. The van der Waals surface area contributed by atoms with Crippen LogP contribution in [0.25, 0.3) is 0 Å². The maximum absolute atomic E-state index is 13.7. The standard InChI is InChI=1S/C25H19ClN2O2/c1-2-21-19-9-5-6-10-20(19)27-22-23(28(21)16-13-11-15(26)12-14-16)25(30)18-8-4-3-7-17(18)24(22)29/h3-14,21,27H,2H2,1H3. The Balaban J connectivity index is 1.81. The van der Waals surface area contributed by atoms with Gasteiger partial charge >= 0.3 is 0 Å². The molecule has 1 aliphatic heterocycles. The molecule has 1 aliphatic carbocycles. The van der Waals surface area contributed by atoms with Crippen molar-refractivity contribution in [3.8, 4) is 0 Å². The van der Waals surface area contributed by atoms with Gasteiger partial charge in [0.15, 0.2) is 0 Å². The van der Waals surface area contributed by atoms with Gasteiger partial charge in [0.2, 0.25) is 11.6 Å². The van der Waals surface area contributed by atoms with E-state index >= 15 is 0 Å². The third-order valence-corrected chi connectivity index (χ3v) is 5.97. The molecule has 1 atom stereocenters. The highest BCUT2D eigenvalue weighted by atomic mass is 35.5. The van der Waals surface area contributed by atoms with Crippen molar-refractivity contribution in [2.24, 2.45) is 0 Å². The lowest BCUT2D eigenvalue weighted by atomic mass is 9.89. The molecule has 0 saturated carbocycles. The number of ketones is 2. The van der Waals surface area contributed by atoms with Gasteiger partial charge in [-0.15, -0.1) is 0 Å². The van der Waals surface area contributed by atoms with Gasteiger partial charge in [-0.25, -0.2) is 0 Å². The first kappa shape index (κ1) is 18.6. The Kier molecular flexibility index (Phi) is 4.44. The van der Waals surface area contributed by atoms with Gasteiger partial charge in [-0.2, -0.15) is 0 Å². The van der Waals surface area contributed by atoms with E-state index < -0.39 is 0 Å². The lowest BCUT2D eigenvalue weighted by Crippen LogP contribution is -2.36. The Morgan fingerprint density at radius 3 is 2.20 bits per heavy atom. The Morgan fingerprint density at radius 1 is 0.867 bits per heavy atom. The third kappa shape index (κ3) is 2.76. The number of nitrogens with one attached hydrogen (secondary N) is 1.